The van der Waals surface area contributed by atoms with Gasteiger partial charge in [0.05, 0.1) is 0 Å². The van der Waals surface area contributed by atoms with Crippen LogP contribution in [0.1, 0.15) is 11.1 Å². The molecule has 0 saturated carbocycles. The summed E-state index contributed by atoms with van der Waals surface area (Å²) in [4.78, 5) is 0. The summed E-state index contributed by atoms with van der Waals surface area (Å²) in [6.07, 6.45) is 5.50. The third-order valence-electron chi connectivity index (χ3n) is 1.69. The Morgan fingerprint density at radius 2 is 1.69 bits per heavy atom. The fraction of sp³-hybridized carbons (Fsp3) is 0.111. The molecule has 1 aliphatic carbocycles. The average molecular weight is 270 g/mol. The van der Waals surface area contributed by atoms with Crippen molar-refractivity contribution in [1.82, 2.24) is 0 Å². The molecule has 2 rings (SSSR count). The van der Waals surface area contributed by atoms with Gasteiger partial charge in [-0.05, 0) is 17.5 Å². The molecule has 1 aliphatic rings. The number of fused-ring (bicyclic) bond motifs is 1. The molecule has 0 aliphatic heterocycles. The van der Waals surface area contributed by atoms with Crippen molar-refractivity contribution >= 4 is 34.0 Å². The third kappa shape index (κ3) is 4.53. The van der Waals surface area contributed by atoms with Crippen molar-refractivity contribution in [2.75, 3.05) is 0 Å². The number of benzene rings is 1. The predicted octanol–water partition coefficient (Wildman–Crippen LogP) is 4.32. The molecule has 4 heteroatoms. The van der Waals surface area contributed by atoms with Crippen molar-refractivity contribution in [1.29, 1.82) is 0 Å². The van der Waals surface area contributed by atoms with Crippen LogP contribution in [-0.4, -0.2) is 0 Å². The Bertz CT molecular complexity index is 294. The maximum atomic E-state index is 4.97. The van der Waals surface area contributed by atoms with Gasteiger partial charge in [-0.2, -0.15) is 0 Å². The monoisotopic (exact) mass is 269 g/mol. The molecule has 0 N–H and O–H groups in total. The van der Waals surface area contributed by atoms with Gasteiger partial charge >= 0.3 is 42.6 Å². The van der Waals surface area contributed by atoms with Gasteiger partial charge < -0.3 is 0 Å². The summed E-state index contributed by atoms with van der Waals surface area (Å²) in [5.74, 6) is 0. The predicted molar refractivity (Wildman–Crippen MR) is 56.7 cm³/mol. The number of hydrogen-bond acceptors (Lipinski definition) is 0. The van der Waals surface area contributed by atoms with E-state index < -0.39 is 14.7 Å². The number of hydrogen-bond donors (Lipinski definition) is 0. The Morgan fingerprint density at radius 1 is 1.08 bits per heavy atom. The van der Waals surface area contributed by atoms with E-state index >= 15 is 0 Å². The minimum atomic E-state index is -1.92. The summed E-state index contributed by atoms with van der Waals surface area (Å²) in [5.41, 5.74) is 2.84. The second-order valence-electron chi connectivity index (χ2n) is 2.52. The summed E-state index contributed by atoms with van der Waals surface area (Å²) in [5, 5.41) is 0. The second kappa shape index (κ2) is 6.11. The molecule has 0 heterocycles. The Hall–Kier alpha value is 0.544. The minimum absolute atomic E-state index is 1.12. The molecule has 0 radical (unpaired) electrons. The van der Waals surface area contributed by atoms with Crippen LogP contribution in [0.4, 0.5) is 0 Å². The van der Waals surface area contributed by atoms with Gasteiger partial charge in [0.1, 0.15) is 0 Å². The molecule has 0 aromatic heterocycles. The fourth-order valence-corrected chi connectivity index (χ4v) is 1.20. The quantitative estimate of drug-likeness (QED) is 0.616. The summed E-state index contributed by atoms with van der Waals surface area (Å²) in [6.45, 7) is 0. The van der Waals surface area contributed by atoms with Crippen LogP contribution in [0.25, 0.3) is 6.08 Å². The van der Waals surface area contributed by atoms with E-state index in [1.807, 2.05) is 0 Å². The van der Waals surface area contributed by atoms with Gasteiger partial charge in [-0.1, -0.05) is 36.4 Å². The van der Waals surface area contributed by atoms with Crippen LogP contribution in [0, 0.1) is 0 Å². The first-order chi connectivity index (χ1) is 6.20. The molecule has 0 amide bonds. The zero-order chi connectivity index (χ0) is 9.68. The van der Waals surface area contributed by atoms with E-state index in [0.717, 1.165) is 6.42 Å². The second-order valence-corrected chi connectivity index (χ2v) is 10.3. The summed E-state index contributed by atoms with van der Waals surface area (Å²) < 4.78 is 0. The molecule has 1 aromatic carbocycles. The van der Waals surface area contributed by atoms with Crippen molar-refractivity contribution in [3.63, 3.8) is 0 Å². The van der Waals surface area contributed by atoms with Crippen LogP contribution < -0.4 is 0 Å². The molecule has 69 valence electrons. The zero-order valence-corrected chi connectivity index (χ0v) is 10.6. The molecule has 0 saturated heterocycles. The van der Waals surface area contributed by atoms with Crippen molar-refractivity contribution in [2.45, 2.75) is 6.42 Å². The van der Waals surface area contributed by atoms with E-state index in [1.54, 1.807) is 0 Å². The molecule has 0 spiro atoms. The van der Waals surface area contributed by atoms with E-state index in [0.29, 0.717) is 0 Å². The first-order valence-corrected chi connectivity index (χ1v) is 10.2. The van der Waals surface area contributed by atoms with Crippen LogP contribution in [0.15, 0.2) is 30.3 Å². The Balaban J connectivity index is 0.000000184. The molecular formula is C9H8Cl3Ti. The molecule has 13 heavy (non-hydrogen) atoms. The van der Waals surface area contributed by atoms with Gasteiger partial charge in [-0.25, -0.2) is 0 Å². The summed E-state index contributed by atoms with van der Waals surface area (Å²) in [7, 11) is 14.9. The molecule has 0 atom stereocenters. The van der Waals surface area contributed by atoms with Crippen LogP contribution in [-0.2, 0) is 21.1 Å². The molecule has 0 unspecified atom stereocenters. The van der Waals surface area contributed by atoms with E-state index in [4.69, 9.17) is 27.9 Å². The maximum absolute atomic E-state index is 4.97. The topological polar surface area (TPSA) is 0 Å². The third-order valence-corrected chi connectivity index (χ3v) is 1.69. The molecule has 0 nitrogen and oxygen atoms in total. The van der Waals surface area contributed by atoms with Gasteiger partial charge in [0.2, 0.25) is 0 Å². The Kier molecular flexibility index (Phi) is 5.46. The SMILES string of the molecule is C1=Cc2ccccc2C1.[Cl][Ti]([Cl])[Cl]. The van der Waals surface area contributed by atoms with E-state index in [2.05, 4.69) is 36.4 Å². The number of allylic oxidation sites excluding steroid dienone is 1. The number of rotatable bonds is 0. The standard InChI is InChI=1S/C9H8.3ClH.Ti/c1-2-5-9-7-3-6-8(9)4-1;;;;/h1-6H,7H2;3*1H;/q;;;;+3/p-3. The summed E-state index contributed by atoms with van der Waals surface area (Å²) >= 11 is -1.92. The van der Waals surface area contributed by atoms with Gasteiger partial charge in [-0.15, -0.1) is 0 Å². The fourth-order valence-electron chi connectivity index (χ4n) is 1.20. The van der Waals surface area contributed by atoms with Crippen LogP contribution in [0.3, 0.4) is 0 Å². The van der Waals surface area contributed by atoms with E-state index in [9.17, 15) is 0 Å². The van der Waals surface area contributed by atoms with Crippen LogP contribution in [0.5, 0.6) is 0 Å². The van der Waals surface area contributed by atoms with Gasteiger partial charge in [0, 0.05) is 0 Å². The van der Waals surface area contributed by atoms with Crippen LogP contribution in [0.2, 0.25) is 0 Å². The molecular weight excluding hydrogens is 262 g/mol. The van der Waals surface area contributed by atoms with Crippen molar-refractivity contribution in [3.05, 3.63) is 41.5 Å². The van der Waals surface area contributed by atoms with Gasteiger partial charge in [0.25, 0.3) is 0 Å². The first-order valence-electron chi connectivity index (χ1n) is 3.78. The van der Waals surface area contributed by atoms with Crippen molar-refractivity contribution < 1.29 is 14.7 Å². The van der Waals surface area contributed by atoms with E-state index in [1.165, 1.54) is 11.1 Å². The normalized spacial score (nSPS) is 11.6. The van der Waals surface area contributed by atoms with Crippen molar-refractivity contribution in [3.8, 4) is 0 Å². The average Bonchev–Trinajstić information content (AvgIpc) is 2.49. The van der Waals surface area contributed by atoms with Gasteiger partial charge in [0.15, 0.2) is 0 Å². The number of halogens is 3. The Morgan fingerprint density at radius 3 is 2.31 bits per heavy atom. The molecule has 0 fully saturated rings. The summed E-state index contributed by atoms with van der Waals surface area (Å²) in [6, 6.07) is 8.49. The van der Waals surface area contributed by atoms with E-state index in [-0.39, 0.29) is 0 Å². The Labute approximate surface area is 96.0 Å². The zero-order valence-electron chi connectivity index (χ0n) is 6.81. The van der Waals surface area contributed by atoms with Crippen molar-refractivity contribution in [2.24, 2.45) is 0 Å². The van der Waals surface area contributed by atoms with Crippen LogP contribution >= 0.6 is 27.9 Å². The first kappa shape index (κ1) is 11.6. The van der Waals surface area contributed by atoms with Gasteiger partial charge in [-0.3, -0.25) is 0 Å². The molecule has 1 aromatic rings. The molecule has 0 bridgehead atoms.